The van der Waals surface area contributed by atoms with E-state index in [9.17, 15) is 5.11 Å². The Bertz CT molecular complexity index is 778. The van der Waals surface area contributed by atoms with Crippen LogP contribution in [-0.4, -0.2) is 37.8 Å². The summed E-state index contributed by atoms with van der Waals surface area (Å²) in [6, 6.07) is 13.9. The molecule has 158 valence electrons. The highest BCUT2D eigenvalue weighted by Gasteiger charge is 2.29. The molecule has 0 saturated carbocycles. The van der Waals surface area contributed by atoms with E-state index >= 15 is 0 Å². The Morgan fingerprint density at radius 1 is 1.24 bits per heavy atom. The number of halogens is 1. The van der Waals surface area contributed by atoms with Crippen molar-refractivity contribution in [2.24, 2.45) is 5.14 Å². The zero-order valence-corrected chi connectivity index (χ0v) is 17.9. The highest BCUT2D eigenvalue weighted by atomic mass is 35.5. The summed E-state index contributed by atoms with van der Waals surface area (Å²) < 4.78 is 19.8. The molecule has 29 heavy (non-hydrogen) atoms. The van der Waals surface area contributed by atoms with Crippen molar-refractivity contribution in [3.8, 4) is 5.75 Å². The van der Waals surface area contributed by atoms with Crippen LogP contribution in [0, 0.1) is 0 Å². The standard InChI is InChI=1S/C21H27ClN2O4S/c1-26-21-13-17(25)12-20(28-21)15-4-7-19(22)16(11-15)10-14-2-5-18(6-3-14)27-9-8-24-29-23/h2-7,11,17,20-21,24-25H,8-10,12-13,23H2,1H3. The molecule has 6 nitrogen and oxygen atoms in total. The zero-order chi connectivity index (χ0) is 20.6. The number of aliphatic hydroxyl groups excluding tert-OH is 1. The van der Waals surface area contributed by atoms with Crippen LogP contribution >= 0.6 is 23.7 Å². The van der Waals surface area contributed by atoms with Gasteiger partial charge in [0.25, 0.3) is 0 Å². The lowest BCUT2D eigenvalue weighted by Crippen LogP contribution is -2.32. The van der Waals surface area contributed by atoms with Crippen molar-refractivity contribution in [3.63, 3.8) is 0 Å². The third-order valence-electron chi connectivity index (χ3n) is 4.85. The van der Waals surface area contributed by atoms with Crippen LogP contribution in [0.4, 0.5) is 0 Å². The molecule has 0 spiro atoms. The van der Waals surface area contributed by atoms with Crippen molar-refractivity contribution < 1.29 is 19.3 Å². The summed E-state index contributed by atoms with van der Waals surface area (Å²) >= 11 is 7.52. The zero-order valence-electron chi connectivity index (χ0n) is 16.3. The topological polar surface area (TPSA) is 86.0 Å². The van der Waals surface area contributed by atoms with Gasteiger partial charge in [0.05, 0.1) is 12.2 Å². The third kappa shape index (κ3) is 6.58. The molecule has 2 aromatic rings. The van der Waals surface area contributed by atoms with Crippen LogP contribution in [0.2, 0.25) is 5.02 Å². The van der Waals surface area contributed by atoms with Gasteiger partial charge in [-0.3, -0.25) is 5.14 Å². The Morgan fingerprint density at radius 3 is 2.76 bits per heavy atom. The second-order valence-corrected chi connectivity index (χ2v) is 7.88. The van der Waals surface area contributed by atoms with Gasteiger partial charge in [-0.25, -0.2) is 4.72 Å². The first-order valence-corrected chi connectivity index (χ1v) is 10.8. The average Bonchev–Trinajstić information content (AvgIpc) is 2.73. The molecule has 1 saturated heterocycles. The molecular weight excluding hydrogens is 412 g/mol. The predicted octanol–water partition coefficient (Wildman–Crippen LogP) is 3.61. The number of rotatable bonds is 9. The van der Waals surface area contributed by atoms with Crippen LogP contribution in [0.1, 0.15) is 35.6 Å². The first kappa shape index (κ1) is 22.4. The van der Waals surface area contributed by atoms with Crippen molar-refractivity contribution in [1.29, 1.82) is 0 Å². The Kier molecular flexibility index (Phi) is 8.62. The second kappa shape index (κ2) is 11.2. The van der Waals surface area contributed by atoms with Gasteiger partial charge < -0.3 is 19.3 Å². The van der Waals surface area contributed by atoms with E-state index in [4.69, 9.17) is 31.0 Å². The molecule has 0 amide bonds. The van der Waals surface area contributed by atoms with Crippen LogP contribution in [-0.2, 0) is 15.9 Å². The molecule has 0 radical (unpaired) electrons. The minimum Gasteiger partial charge on any atom is -0.492 e. The first-order chi connectivity index (χ1) is 14.1. The summed E-state index contributed by atoms with van der Waals surface area (Å²) in [5.74, 6) is 0.813. The number of nitrogens with one attached hydrogen (secondary N) is 1. The van der Waals surface area contributed by atoms with Gasteiger partial charge in [-0.1, -0.05) is 35.9 Å². The summed E-state index contributed by atoms with van der Waals surface area (Å²) in [7, 11) is 1.59. The molecule has 0 aromatic heterocycles. The number of nitrogens with two attached hydrogens (primary N) is 1. The van der Waals surface area contributed by atoms with Crippen LogP contribution in [0.15, 0.2) is 42.5 Å². The predicted molar refractivity (Wildman–Crippen MR) is 116 cm³/mol. The molecule has 4 N–H and O–H groups in total. The van der Waals surface area contributed by atoms with E-state index < -0.39 is 12.4 Å². The Morgan fingerprint density at radius 2 is 2.03 bits per heavy atom. The Balaban J connectivity index is 1.65. The maximum atomic E-state index is 10.1. The summed E-state index contributed by atoms with van der Waals surface area (Å²) in [6.07, 6.45) is 0.684. The number of hydrogen-bond donors (Lipinski definition) is 3. The summed E-state index contributed by atoms with van der Waals surface area (Å²) in [6.45, 7) is 1.22. The fourth-order valence-electron chi connectivity index (χ4n) is 3.35. The molecular formula is C21H27ClN2O4S. The SMILES string of the molecule is COC1CC(O)CC(c2ccc(Cl)c(Cc3ccc(OCCNSN)cc3)c2)O1. The smallest absolute Gasteiger partial charge is 0.160 e. The highest BCUT2D eigenvalue weighted by Crippen LogP contribution is 2.34. The minimum atomic E-state index is -0.441. The summed E-state index contributed by atoms with van der Waals surface area (Å²) in [5.41, 5.74) is 3.14. The summed E-state index contributed by atoms with van der Waals surface area (Å²) in [4.78, 5) is 0. The lowest BCUT2D eigenvalue weighted by molar-refractivity contribution is -0.205. The van der Waals surface area contributed by atoms with E-state index in [0.29, 0.717) is 37.4 Å². The van der Waals surface area contributed by atoms with E-state index in [1.165, 1.54) is 0 Å². The summed E-state index contributed by atoms with van der Waals surface area (Å²) in [5, 5.41) is 16.1. The van der Waals surface area contributed by atoms with E-state index in [-0.39, 0.29) is 6.10 Å². The van der Waals surface area contributed by atoms with Crippen molar-refractivity contribution in [3.05, 3.63) is 64.2 Å². The van der Waals surface area contributed by atoms with Gasteiger partial charge in [0.15, 0.2) is 6.29 Å². The van der Waals surface area contributed by atoms with Gasteiger partial charge >= 0.3 is 0 Å². The highest BCUT2D eigenvalue weighted by molar-refractivity contribution is 7.95. The molecule has 2 aromatic carbocycles. The molecule has 0 aliphatic carbocycles. The van der Waals surface area contributed by atoms with Crippen LogP contribution in [0.5, 0.6) is 5.75 Å². The largest absolute Gasteiger partial charge is 0.492 e. The van der Waals surface area contributed by atoms with E-state index in [1.807, 2.05) is 36.4 Å². The van der Waals surface area contributed by atoms with Crippen LogP contribution in [0.25, 0.3) is 0 Å². The Hall–Kier alpha value is -1.32. The molecule has 1 aliphatic rings. The number of ether oxygens (including phenoxy) is 3. The van der Waals surface area contributed by atoms with Gasteiger partial charge in [0, 0.05) is 43.7 Å². The quantitative estimate of drug-likeness (QED) is 0.407. The molecule has 1 fully saturated rings. The molecule has 1 heterocycles. The van der Waals surface area contributed by atoms with Crippen molar-refractivity contribution in [1.82, 2.24) is 4.72 Å². The normalized spacial score (nSPS) is 21.9. The van der Waals surface area contributed by atoms with Gasteiger partial charge in [-0.05, 0) is 41.3 Å². The van der Waals surface area contributed by atoms with E-state index in [2.05, 4.69) is 10.8 Å². The van der Waals surface area contributed by atoms with Crippen molar-refractivity contribution >= 4 is 23.7 Å². The Labute approximate surface area is 180 Å². The average molecular weight is 439 g/mol. The lowest BCUT2D eigenvalue weighted by Gasteiger charge is -2.32. The lowest BCUT2D eigenvalue weighted by atomic mass is 9.95. The third-order valence-corrected chi connectivity index (χ3v) is 5.58. The monoisotopic (exact) mass is 438 g/mol. The first-order valence-electron chi connectivity index (χ1n) is 9.54. The minimum absolute atomic E-state index is 0.212. The van der Waals surface area contributed by atoms with Crippen LogP contribution in [0.3, 0.4) is 0 Å². The maximum Gasteiger partial charge on any atom is 0.160 e. The molecule has 1 aliphatic heterocycles. The van der Waals surface area contributed by atoms with Gasteiger partial charge in [-0.2, -0.15) is 0 Å². The number of methoxy groups -OCH3 is 1. The molecule has 0 bridgehead atoms. The fraction of sp³-hybridized carbons (Fsp3) is 0.429. The number of aliphatic hydroxyl groups is 1. The van der Waals surface area contributed by atoms with Gasteiger partial charge in [0.2, 0.25) is 0 Å². The number of benzene rings is 2. The molecule has 8 heteroatoms. The molecule has 3 rings (SSSR count). The number of hydrogen-bond acceptors (Lipinski definition) is 7. The second-order valence-electron chi connectivity index (χ2n) is 6.95. The van der Waals surface area contributed by atoms with Gasteiger partial charge in [0.1, 0.15) is 12.4 Å². The fourth-order valence-corrected chi connectivity index (χ4v) is 3.74. The molecule has 3 unspecified atom stereocenters. The van der Waals surface area contributed by atoms with Gasteiger partial charge in [-0.15, -0.1) is 0 Å². The van der Waals surface area contributed by atoms with Crippen molar-refractivity contribution in [2.45, 2.75) is 37.8 Å². The van der Waals surface area contributed by atoms with Crippen LogP contribution < -0.4 is 14.6 Å². The van der Waals surface area contributed by atoms with Crippen molar-refractivity contribution in [2.75, 3.05) is 20.3 Å². The van der Waals surface area contributed by atoms with E-state index in [1.54, 1.807) is 7.11 Å². The van der Waals surface area contributed by atoms with E-state index in [0.717, 1.165) is 34.6 Å². The molecule has 3 atom stereocenters. The maximum absolute atomic E-state index is 10.1.